The van der Waals surface area contributed by atoms with E-state index in [1.165, 1.54) is 5.56 Å². The molecule has 5 rings (SSSR count). The first kappa shape index (κ1) is 24.6. The number of methoxy groups -OCH3 is 1. The Labute approximate surface area is 218 Å². The summed E-state index contributed by atoms with van der Waals surface area (Å²) in [6, 6.07) is 23.9. The number of carbonyl (C=O) groups excluding carboxylic acids is 1. The Kier molecular flexibility index (Phi) is 6.99. The number of aromatic amines is 1. The largest absolute Gasteiger partial charge is 0.497 e. The van der Waals surface area contributed by atoms with Crippen LogP contribution in [0.25, 0.3) is 11.3 Å². The van der Waals surface area contributed by atoms with Crippen LogP contribution in [0.4, 0.5) is 0 Å². The highest BCUT2D eigenvalue weighted by molar-refractivity contribution is 6.00. The normalized spacial score (nSPS) is 14.8. The second kappa shape index (κ2) is 10.5. The standard InChI is InChI=1S/C31H33N3O3/c1-20(2)17-18-37-26-15-11-24(12-16-26)30-27-28(23-9-5-21(3)6-10-23)32-33-29(27)31(35)34(30)19-22-7-13-25(36-4)14-8-22/h5-16,20,30H,17-19H2,1-4H3,(H,32,33). The van der Waals surface area contributed by atoms with Gasteiger partial charge in [-0.15, -0.1) is 0 Å². The molecule has 0 radical (unpaired) electrons. The van der Waals surface area contributed by atoms with Crippen LogP contribution >= 0.6 is 0 Å². The molecule has 0 aliphatic carbocycles. The summed E-state index contributed by atoms with van der Waals surface area (Å²) in [4.78, 5) is 15.6. The molecular weight excluding hydrogens is 462 g/mol. The molecule has 1 N–H and O–H groups in total. The zero-order chi connectivity index (χ0) is 25.9. The molecule has 37 heavy (non-hydrogen) atoms. The molecule has 1 aromatic heterocycles. The second-order valence-corrected chi connectivity index (χ2v) is 10.0. The number of benzene rings is 3. The van der Waals surface area contributed by atoms with Crippen LogP contribution in [0.3, 0.4) is 0 Å². The summed E-state index contributed by atoms with van der Waals surface area (Å²) in [6.07, 6.45) is 1.01. The minimum Gasteiger partial charge on any atom is -0.497 e. The molecule has 0 spiro atoms. The van der Waals surface area contributed by atoms with Crippen molar-refractivity contribution in [1.29, 1.82) is 0 Å². The lowest BCUT2D eigenvalue weighted by Crippen LogP contribution is -2.29. The lowest BCUT2D eigenvalue weighted by atomic mass is 9.95. The van der Waals surface area contributed by atoms with Crippen molar-refractivity contribution in [3.63, 3.8) is 0 Å². The van der Waals surface area contributed by atoms with Crippen LogP contribution in [0.5, 0.6) is 11.5 Å². The number of nitrogens with one attached hydrogen (secondary N) is 1. The molecule has 1 aliphatic heterocycles. The molecule has 6 nitrogen and oxygen atoms in total. The number of hydrogen-bond acceptors (Lipinski definition) is 4. The molecule has 1 unspecified atom stereocenters. The zero-order valence-corrected chi connectivity index (χ0v) is 21.8. The average molecular weight is 496 g/mol. The van der Waals surface area contributed by atoms with Gasteiger partial charge in [0.1, 0.15) is 17.2 Å². The van der Waals surface area contributed by atoms with Crippen LogP contribution < -0.4 is 9.47 Å². The topological polar surface area (TPSA) is 67.5 Å². The molecule has 1 aliphatic rings. The third-order valence-electron chi connectivity index (χ3n) is 6.86. The first-order valence-corrected chi connectivity index (χ1v) is 12.8. The first-order chi connectivity index (χ1) is 17.9. The molecule has 0 saturated heterocycles. The quantitative estimate of drug-likeness (QED) is 0.285. The van der Waals surface area contributed by atoms with Crippen LogP contribution in [0.1, 0.15) is 59.1 Å². The number of aryl methyl sites for hydroxylation is 1. The molecule has 0 bridgehead atoms. The van der Waals surface area contributed by atoms with Crippen LogP contribution in [0.15, 0.2) is 72.8 Å². The van der Waals surface area contributed by atoms with Gasteiger partial charge in [-0.25, -0.2) is 0 Å². The van der Waals surface area contributed by atoms with E-state index in [0.29, 0.717) is 24.8 Å². The Hall–Kier alpha value is -4.06. The molecule has 4 aromatic rings. The number of amides is 1. The number of carbonyl (C=O) groups is 1. The van der Waals surface area contributed by atoms with Gasteiger partial charge < -0.3 is 14.4 Å². The van der Waals surface area contributed by atoms with E-state index < -0.39 is 0 Å². The van der Waals surface area contributed by atoms with Gasteiger partial charge in [0.25, 0.3) is 5.91 Å². The van der Waals surface area contributed by atoms with Crippen molar-refractivity contribution in [2.75, 3.05) is 13.7 Å². The summed E-state index contributed by atoms with van der Waals surface area (Å²) in [7, 11) is 1.65. The van der Waals surface area contributed by atoms with E-state index >= 15 is 0 Å². The van der Waals surface area contributed by atoms with Gasteiger partial charge in [-0.1, -0.05) is 67.9 Å². The number of hydrogen-bond donors (Lipinski definition) is 1. The summed E-state index contributed by atoms with van der Waals surface area (Å²) in [5, 5.41) is 7.64. The highest BCUT2D eigenvalue weighted by Crippen LogP contribution is 2.43. The predicted molar refractivity (Wildman–Crippen MR) is 145 cm³/mol. The number of nitrogens with zero attached hydrogens (tertiary/aromatic N) is 2. The van der Waals surface area contributed by atoms with Crippen molar-refractivity contribution in [3.8, 4) is 22.8 Å². The van der Waals surface area contributed by atoms with Gasteiger partial charge in [-0.05, 0) is 54.7 Å². The number of H-pyrrole nitrogens is 1. The number of aromatic nitrogens is 2. The Balaban J connectivity index is 1.51. The zero-order valence-electron chi connectivity index (χ0n) is 21.8. The van der Waals surface area contributed by atoms with Crippen LogP contribution in [0.2, 0.25) is 0 Å². The molecule has 0 fully saturated rings. The van der Waals surface area contributed by atoms with E-state index in [2.05, 4.69) is 67.4 Å². The van der Waals surface area contributed by atoms with E-state index in [9.17, 15) is 4.79 Å². The Morgan fingerprint density at radius 1 is 0.946 bits per heavy atom. The molecule has 1 atom stereocenters. The fraction of sp³-hybridized carbons (Fsp3) is 0.290. The summed E-state index contributed by atoms with van der Waals surface area (Å²) < 4.78 is 11.3. The summed E-state index contributed by atoms with van der Waals surface area (Å²) in [5.74, 6) is 2.16. The maximum Gasteiger partial charge on any atom is 0.273 e. The summed E-state index contributed by atoms with van der Waals surface area (Å²) in [6.45, 7) is 7.60. The molecule has 3 aromatic carbocycles. The van der Waals surface area contributed by atoms with E-state index in [1.54, 1.807) is 7.11 Å². The average Bonchev–Trinajstić information content (AvgIpc) is 3.44. The van der Waals surface area contributed by atoms with Crippen LogP contribution in [-0.2, 0) is 6.54 Å². The third-order valence-corrected chi connectivity index (χ3v) is 6.86. The predicted octanol–water partition coefficient (Wildman–Crippen LogP) is 6.56. The molecule has 2 heterocycles. The number of rotatable bonds is 9. The summed E-state index contributed by atoms with van der Waals surface area (Å²) >= 11 is 0. The van der Waals surface area contributed by atoms with Gasteiger partial charge >= 0.3 is 0 Å². The maximum atomic E-state index is 13.7. The fourth-order valence-corrected chi connectivity index (χ4v) is 4.72. The minimum absolute atomic E-state index is 0.0565. The second-order valence-electron chi connectivity index (χ2n) is 10.0. The number of fused-ring (bicyclic) bond motifs is 1. The van der Waals surface area contributed by atoms with Gasteiger partial charge in [0.15, 0.2) is 0 Å². The monoisotopic (exact) mass is 495 g/mol. The maximum absolute atomic E-state index is 13.7. The fourth-order valence-electron chi connectivity index (χ4n) is 4.72. The van der Waals surface area contributed by atoms with Crippen molar-refractivity contribution in [2.45, 2.75) is 39.8 Å². The van der Waals surface area contributed by atoms with E-state index in [4.69, 9.17) is 9.47 Å². The number of ether oxygens (including phenoxy) is 2. The molecule has 0 saturated carbocycles. The van der Waals surface area contributed by atoms with E-state index in [0.717, 1.165) is 45.9 Å². The van der Waals surface area contributed by atoms with E-state index in [-0.39, 0.29) is 11.9 Å². The SMILES string of the molecule is COc1ccc(CN2C(=O)c3[nH]nc(-c4ccc(C)cc4)c3C2c2ccc(OCCC(C)C)cc2)cc1. The van der Waals surface area contributed by atoms with E-state index in [1.807, 2.05) is 41.3 Å². The molecule has 6 heteroatoms. The third kappa shape index (κ3) is 5.10. The van der Waals surface area contributed by atoms with Crippen molar-refractivity contribution in [3.05, 3.63) is 101 Å². The van der Waals surface area contributed by atoms with Crippen LogP contribution in [0, 0.1) is 12.8 Å². The Bertz CT molecular complexity index is 1360. The van der Waals surface area contributed by atoms with Crippen molar-refractivity contribution in [2.24, 2.45) is 5.92 Å². The Morgan fingerprint density at radius 2 is 1.62 bits per heavy atom. The van der Waals surface area contributed by atoms with Gasteiger partial charge in [0, 0.05) is 17.7 Å². The van der Waals surface area contributed by atoms with Gasteiger partial charge in [0.2, 0.25) is 0 Å². The molecule has 1 amide bonds. The highest BCUT2D eigenvalue weighted by atomic mass is 16.5. The van der Waals surface area contributed by atoms with Gasteiger partial charge in [0.05, 0.1) is 25.5 Å². The lowest BCUT2D eigenvalue weighted by Gasteiger charge is -2.27. The van der Waals surface area contributed by atoms with Gasteiger partial charge in [-0.2, -0.15) is 5.10 Å². The smallest absolute Gasteiger partial charge is 0.273 e. The Morgan fingerprint density at radius 3 is 2.27 bits per heavy atom. The van der Waals surface area contributed by atoms with Crippen molar-refractivity contribution < 1.29 is 14.3 Å². The highest BCUT2D eigenvalue weighted by Gasteiger charge is 2.42. The van der Waals surface area contributed by atoms with Gasteiger partial charge in [-0.3, -0.25) is 9.89 Å². The summed E-state index contributed by atoms with van der Waals surface area (Å²) in [5.41, 5.74) is 6.48. The van der Waals surface area contributed by atoms with Crippen molar-refractivity contribution >= 4 is 5.91 Å². The van der Waals surface area contributed by atoms with Crippen LogP contribution in [-0.4, -0.2) is 34.7 Å². The minimum atomic E-state index is -0.274. The molecular formula is C31H33N3O3. The first-order valence-electron chi connectivity index (χ1n) is 12.8. The molecule has 190 valence electrons. The van der Waals surface area contributed by atoms with Crippen molar-refractivity contribution in [1.82, 2.24) is 15.1 Å². The lowest BCUT2D eigenvalue weighted by molar-refractivity contribution is 0.0730.